The lowest BCUT2D eigenvalue weighted by atomic mass is 9.93. The van der Waals surface area contributed by atoms with Gasteiger partial charge in [-0.15, -0.1) is 11.3 Å². The molecule has 0 bridgehead atoms. The third-order valence-corrected chi connectivity index (χ3v) is 3.52. The molecule has 0 radical (unpaired) electrons. The molecular formula is C13H24N4OS. The molecule has 0 aliphatic carbocycles. The van der Waals surface area contributed by atoms with Gasteiger partial charge >= 0.3 is 0 Å². The Hall–Kier alpha value is -0.980. The maximum atomic E-state index is 12.0. The van der Waals surface area contributed by atoms with Crippen molar-refractivity contribution < 1.29 is 4.79 Å². The molecule has 0 aliphatic rings. The molecule has 1 amide bonds. The van der Waals surface area contributed by atoms with E-state index < -0.39 is 0 Å². The summed E-state index contributed by atoms with van der Waals surface area (Å²) in [7, 11) is 4.06. The predicted molar refractivity (Wildman–Crippen MR) is 79.5 cm³/mol. The smallest absolute Gasteiger partial charge is 0.270 e. The maximum absolute atomic E-state index is 12.0. The molecule has 0 unspecified atom stereocenters. The fourth-order valence-electron chi connectivity index (χ4n) is 1.98. The van der Waals surface area contributed by atoms with Crippen LogP contribution in [0.4, 0.5) is 0 Å². The van der Waals surface area contributed by atoms with E-state index in [0.717, 1.165) is 18.0 Å². The molecule has 0 fully saturated rings. The van der Waals surface area contributed by atoms with Crippen LogP contribution in [-0.4, -0.2) is 49.5 Å². The Labute approximate surface area is 119 Å². The fraction of sp³-hybridized carbons (Fsp3) is 0.692. The highest BCUT2D eigenvalue weighted by Crippen LogP contribution is 2.15. The molecule has 3 N–H and O–H groups in total. The van der Waals surface area contributed by atoms with Crippen LogP contribution in [0.3, 0.4) is 0 Å². The van der Waals surface area contributed by atoms with Crippen LogP contribution in [0.25, 0.3) is 0 Å². The van der Waals surface area contributed by atoms with Crippen molar-refractivity contribution in [2.75, 3.05) is 33.7 Å². The highest BCUT2D eigenvalue weighted by Gasteiger charge is 2.20. The molecule has 6 heteroatoms. The number of nitrogens with two attached hydrogens (primary N) is 1. The zero-order chi connectivity index (χ0) is 14.5. The third kappa shape index (κ3) is 5.67. The number of amides is 1. The fourth-order valence-corrected chi connectivity index (χ4v) is 2.77. The highest BCUT2D eigenvalue weighted by molar-refractivity contribution is 7.09. The van der Waals surface area contributed by atoms with Gasteiger partial charge in [-0.2, -0.15) is 0 Å². The van der Waals surface area contributed by atoms with E-state index in [1.165, 1.54) is 11.3 Å². The summed E-state index contributed by atoms with van der Waals surface area (Å²) in [5, 5.41) is 5.66. The molecule has 108 valence electrons. The molecule has 0 atom stereocenters. The van der Waals surface area contributed by atoms with Gasteiger partial charge in [-0.1, -0.05) is 13.8 Å². The minimum Gasteiger partial charge on any atom is -0.350 e. The Balaban J connectivity index is 2.50. The number of nitrogens with one attached hydrogen (secondary N) is 1. The summed E-state index contributed by atoms with van der Waals surface area (Å²) < 4.78 is 0. The first kappa shape index (κ1) is 16.1. The zero-order valence-corrected chi connectivity index (χ0v) is 13.0. The Morgan fingerprint density at radius 3 is 2.79 bits per heavy atom. The van der Waals surface area contributed by atoms with Crippen molar-refractivity contribution in [3.8, 4) is 0 Å². The van der Waals surface area contributed by atoms with Crippen LogP contribution >= 0.6 is 11.3 Å². The largest absolute Gasteiger partial charge is 0.350 e. The van der Waals surface area contributed by atoms with Crippen molar-refractivity contribution in [3.63, 3.8) is 0 Å². The summed E-state index contributed by atoms with van der Waals surface area (Å²) in [6.45, 7) is 6.38. The van der Waals surface area contributed by atoms with E-state index in [2.05, 4.69) is 29.0 Å². The van der Waals surface area contributed by atoms with Gasteiger partial charge in [0, 0.05) is 24.9 Å². The molecular weight excluding hydrogens is 260 g/mol. The van der Waals surface area contributed by atoms with Gasteiger partial charge in [-0.05, 0) is 26.1 Å². The van der Waals surface area contributed by atoms with Gasteiger partial charge in [0.25, 0.3) is 5.91 Å². The summed E-state index contributed by atoms with van der Waals surface area (Å²) in [6.07, 6.45) is 0.726. The molecule has 0 aromatic carbocycles. The van der Waals surface area contributed by atoms with Crippen LogP contribution in [0, 0.1) is 5.41 Å². The summed E-state index contributed by atoms with van der Waals surface area (Å²) >= 11 is 1.49. The van der Waals surface area contributed by atoms with Gasteiger partial charge in [0.1, 0.15) is 5.69 Å². The number of carbonyl (C=O) groups excluding carboxylic acids is 1. The van der Waals surface area contributed by atoms with Crippen LogP contribution in [-0.2, 0) is 6.42 Å². The number of carbonyl (C=O) groups is 1. The van der Waals surface area contributed by atoms with Crippen molar-refractivity contribution in [3.05, 3.63) is 16.1 Å². The first-order chi connectivity index (χ1) is 8.84. The molecule has 0 saturated carbocycles. The number of hydrogen-bond donors (Lipinski definition) is 2. The third-order valence-electron chi connectivity index (χ3n) is 2.61. The molecule has 0 saturated heterocycles. The molecule has 1 rings (SSSR count). The van der Waals surface area contributed by atoms with Crippen LogP contribution in [0.5, 0.6) is 0 Å². The second kappa shape index (κ2) is 6.98. The monoisotopic (exact) mass is 284 g/mol. The second-order valence-corrected chi connectivity index (χ2v) is 6.69. The lowest BCUT2D eigenvalue weighted by Gasteiger charge is -2.28. The molecule has 19 heavy (non-hydrogen) atoms. The van der Waals surface area contributed by atoms with Gasteiger partial charge in [0.05, 0.1) is 5.01 Å². The minimum atomic E-state index is -0.105. The first-order valence-corrected chi connectivity index (χ1v) is 7.29. The Morgan fingerprint density at radius 1 is 1.53 bits per heavy atom. The number of thiazole rings is 1. The molecule has 0 spiro atoms. The van der Waals surface area contributed by atoms with Crippen molar-refractivity contribution >= 4 is 17.2 Å². The Morgan fingerprint density at radius 2 is 2.21 bits per heavy atom. The molecule has 1 aromatic heterocycles. The van der Waals surface area contributed by atoms with Crippen molar-refractivity contribution in [2.45, 2.75) is 20.3 Å². The van der Waals surface area contributed by atoms with Crippen molar-refractivity contribution in [1.82, 2.24) is 15.2 Å². The average Bonchev–Trinajstić information content (AvgIpc) is 2.73. The molecule has 1 heterocycles. The van der Waals surface area contributed by atoms with Gasteiger partial charge in [0.2, 0.25) is 0 Å². The van der Waals surface area contributed by atoms with E-state index in [1.807, 2.05) is 14.1 Å². The van der Waals surface area contributed by atoms with Crippen LogP contribution < -0.4 is 11.1 Å². The lowest BCUT2D eigenvalue weighted by molar-refractivity contribution is 0.0924. The van der Waals surface area contributed by atoms with E-state index in [1.54, 1.807) is 5.38 Å². The maximum Gasteiger partial charge on any atom is 0.270 e. The molecule has 0 aliphatic heterocycles. The number of hydrogen-bond acceptors (Lipinski definition) is 5. The van der Waals surface area contributed by atoms with E-state index in [0.29, 0.717) is 18.8 Å². The topological polar surface area (TPSA) is 71.2 Å². The summed E-state index contributed by atoms with van der Waals surface area (Å²) in [4.78, 5) is 18.4. The normalized spacial score (nSPS) is 11.9. The van der Waals surface area contributed by atoms with Gasteiger partial charge < -0.3 is 16.0 Å². The van der Waals surface area contributed by atoms with Gasteiger partial charge in [-0.25, -0.2) is 4.98 Å². The van der Waals surface area contributed by atoms with E-state index in [-0.39, 0.29) is 11.3 Å². The van der Waals surface area contributed by atoms with E-state index in [4.69, 9.17) is 5.73 Å². The van der Waals surface area contributed by atoms with Crippen LogP contribution in [0.1, 0.15) is 29.3 Å². The van der Waals surface area contributed by atoms with Crippen molar-refractivity contribution in [1.29, 1.82) is 0 Å². The Bertz CT molecular complexity index is 415. The SMILES string of the molecule is CN(C)CC(C)(C)CNC(=O)c1csc(CCN)n1. The van der Waals surface area contributed by atoms with Crippen molar-refractivity contribution in [2.24, 2.45) is 11.1 Å². The standard InChI is InChI=1S/C13H24N4OS/c1-13(2,9-17(3)4)8-15-12(18)10-7-19-11(16-10)5-6-14/h7H,5-6,8-9,14H2,1-4H3,(H,15,18). The average molecular weight is 284 g/mol. The van der Waals surface area contributed by atoms with Crippen LogP contribution in [0.2, 0.25) is 0 Å². The lowest BCUT2D eigenvalue weighted by Crippen LogP contribution is -2.40. The zero-order valence-electron chi connectivity index (χ0n) is 12.2. The number of rotatable bonds is 7. The quantitative estimate of drug-likeness (QED) is 0.782. The second-order valence-electron chi connectivity index (χ2n) is 5.75. The van der Waals surface area contributed by atoms with Gasteiger partial charge in [0.15, 0.2) is 0 Å². The first-order valence-electron chi connectivity index (χ1n) is 6.41. The number of nitrogens with zero attached hydrogens (tertiary/aromatic N) is 2. The molecule has 5 nitrogen and oxygen atoms in total. The predicted octanol–water partition coefficient (Wildman–Crippen LogP) is 0.962. The van der Waals surface area contributed by atoms with Gasteiger partial charge in [-0.3, -0.25) is 4.79 Å². The van der Waals surface area contributed by atoms with E-state index >= 15 is 0 Å². The Kier molecular flexibility index (Phi) is 5.90. The summed E-state index contributed by atoms with van der Waals surface area (Å²) in [5.41, 5.74) is 6.00. The number of aromatic nitrogens is 1. The van der Waals surface area contributed by atoms with E-state index in [9.17, 15) is 4.79 Å². The minimum absolute atomic E-state index is 0.0370. The summed E-state index contributed by atoms with van der Waals surface area (Å²) in [6, 6.07) is 0. The van der Waals surface area contributed by atoms with Crippen LogP contribution in [0.15, 0.2) is 5.38 Å². The summed E-state index contributed by atoms with van der Waals surface area (Å²) in [5.74, 6) is -0.105. The highest BCUT2D eigenvalue weighted by atomic mass is 32.1. The molecule has 1 aromatic rings.